The maximum absolute atomic E-state index is 12.7. The molecular formula is C48H91NO8P+. The van der Waals surface area contributed by atoms with Crippen LogP contribution in [0.1, 0.15) is 206 Å². The molecule has 0 radical (unpaired) electrons. The Morgan fingerprint density at radius 1 is 0.534 bits per heavy atom. The monoisotopic (exact) mass is 841 g/mol. The van der Waals surface area contributed by atoms with Crippen LogP contribution in [0.15, 0.2) is 36.5 Å². The van der Waals surface area contributed by atoms with Crippen molar-refractivity contribution >= 4 is 19.8 Å². The topological polar surface area (TPSA) is 108 Å². The van der Waals surface area contributed by atoms with E-state index in [0.29, 0.717) is 17.4 Å². The summed E-state index contributed by atoms with van der Waals surface area (Å²) in [6, 6.07) is 0. The molecule has 0 aliphatic rings. The Labute approximate surface area is 357 Å². The van der Waals surface area contributed by atoms with E-state index in [0.717, 1.165) is 57.8 Å². The van der Waals surface area contributed by atoms with Gasteiger partial charge in [0.2, 0.25) is 0 Å². The fourth-order valence-corrected chi connectivity index (χ4v) is 7.13. The van der Waals surface area contributed by atoms with Crippen molar-refractivity contribution in [2.45, 2.75) is 213 Å². The van der Waals surface area contributed by atoms with Crippen molar-refractivity contribution in [3.8, 4) is 0 Å². The smallest absolute Gasteiger partial charge is 0.462 e. The van der Waals surface area contributed by atoms with E-state index in [2.05, 4.69) is 50.3 Å². The van der Waals surface area contributed by atoms with Gasteiger partial charge in [-0.05, 0) is 70.6 Å². The summed E-state index contributed by atoms with van der Waals surface area (Å²) < 4.78 is 34.4. The number of unbranched alkanes of at least 4 members (excludes halogenated alkanes) is 23. The van der Waals surface area contributed by atoms with Gasteiger partial charge in [-0.25, -0.2) is 4.57 Å². The number of carbonyl (C=O) groups excluding carboxylic acids is 2. The first-order valence-corrected chi connectivity index (χ1v) is 25.2. The summed E-state index contributed by atoms with van der Waals surface area (Å²) >= 11 is 0. The maximum Gasteiger partial charge on any atom is 0.472 e. The average molecular weight is 841 g/mol. The van der Waals surface area contributed by atoms with Gasteiger partial charge in [0.15, 0.2) is 6.10 Å². The quantitative estimate of drug-likeness (QED) is 0.0213. The number of likely N-dealkylation sites (N-methyl/N-ethyl adjacent to an activating group) is 1. The van der Waals surface area contributed by atoms with Gasteiger partial charge in [0, 0.05) is 12.8 Å². The number of rotatable bonds is 43. The number of allylic oxidation sites excluding steroid dienone is 6. The SMILES string of the molecule is CCCCC/C=C\C/C=C\CCCCCCCCCCCC(=O)O[C@H](COC(=O)CCCCCCCCC/C=C\CCCCCC)COP(=O)(O)OCC[N+](C)(C)C. The van der Waals surface area contributed by atoms with Crippen molar-refractivity contribution in [1.29, 1.82) is 0 Å². The zero-order chi connectivity index (χ0) is 42.8. The number of quaternary nitrogens is 1. The molecule has 340 valence electrons. The molecule has 0 aliphatic carbocycles. The number of hydrogen-bond donors (Lipinski definition) is 1. The molecule has 0 rings (SSSR count). The third-order valence-corrected chi connectivity index (χ3v) is 11.1. The molecule has 0 aromatic rings. The van der Waals surface area contributed by atoms with Crippen LogP contribution in [0, 0.1) is 0 Å². The first kappa shape index (κ1) is 56.2. The van der Waals surface area contributed by atoms with Crippen LogP contribution in [-0.4, -0.2) is 74.9 Å². The first-order chi connectivity index (χ1) is 28.0. The summed E-state index contributed by atoms with van der Waals surface area (Å²) in [6.07, 6.45) is 46.1. The van der Waals surface area contributed by atoms with Gasteiger partial charge in [-0.15, -0.1) is 0 Å². The normalized spacial score (nSPS) is 13.8. The van der Waals surface area contributed by atoms with Crippen LogP contribution in [0.5, 0.6) is 0 Å². The molecule has 0 spiro atoms. The zero-order valence-electron chi connectivity index (χ0n) is 38.3. The van der Waals surface area contributed by atoms with E-state index >= 15 is 0 Å². The minimum Gasteiger partial charge on any atom is -0.462 e. The highest BCUT2D eigenvalue weighted by atomic mass is 31.2. The number of nitrogens with zero attached hydrogens (tertiary/aromatic N) is 1. The molecule has 58 heavy (non-hydrogen) atoms. The second-order valence-corrected chi connectivity index (χ2v) is 18.6. The lowest BCUT2D eigenvalue weighted by molar-refractivity contribution is -0.870. The Bertz CT molecular complexity index is 1090. The second-order valence-electron chi connectivity index (χ2n) is 17.1. The Balaban J connectivity index is 4.31. The Hall–Kier alpha value is -1.77. The number of phosphoric ester groups is 1. The largest absolute Gasteiger partial charge is 0.472 e. The van der Waals surface area contributed by atoms with Gasteiger partial charge in [-0.2, -0.15) is 0 Å². The molecular weight excluding hydrogens is 750 g/mol. The fourth-order valence-electron chi connectivity index (χ4n) is 6.39. The molecule has 0 bridgehead atoms. The number of hydrogen-bond acceptors (Lipinski definition) is 7. The third kappa shape index (κ3) is 43.8. The predicted molar refractivity (Wildman–Crippen MR) is 243 cm³/mol. The van der Waals surface area contributed by atoms with Crippen molar-refractivity contribution in [1.82, 2.24) is 0 Å². The Morgan fingerprint density at radius 3 is 1.41 bits per heavy atom. The van der Waals surface area contributed by atoms with Crippen molar-refractivity contribution in [2.75, 3.05) is 47.5 Å². The Kier molecular flexibility index (Phi) is 39.4. The van der Waals surface area contributed by atoms with Gasteiger partial charge in [-0.1, -0.05) is 159 Å². The highest BCUT2D eigenvalue weighted by molar-refractivity contribution is 7.47. The average Bonchev–Trinajstić information content (AvgIpc) is 3.17. The van der Waals surface area contributed by atoms with Gasteiger partial charge in [-0.3, -0.25) is 18.6 Å². The highest BCUT2D eigenvalue weighted by Crippen LogP contribution is 2.43. The summed E-state index contributed by atoms with van der Waals surface area (Å²) in [6.45, 7) is 4.39. The van der Waals surface area contributed by atoms with E-state index < -0.39 is 26.5 Å². The summed E-state index contributed by atoms with van der Waals surface area (Å²) in [7, 11) is 1.47. The highest BCUT2D eigenvalue weighted by Gasteiger charge is 2.27. The molecule has 2 atom stereocenters. The van der Waals surface area contributed by atoms with Gasteiger partial charge < -0.3 is 18.9 Å². The number of esters is 2. The van der Waals surface area contributed by atoms with Crippen LogP contribution in [0.2, 0.25) is 0 Å². The fraction of sp³-hybridized carbons (Fsp3) is 0.833. The van der Waals surface area contributed by atoms with Crippen LogP contribution in [-0.2, 0) is 32.7 Å². The van der Waals surface area contributed by atoms with Gasteiger partial charge >= 0.3 is 19.8 Å². The molecule has 0 heterocycles. The van der Waals surface area contributed by atoms with E-state index in [1.165, 1.54) is 116 Å². The molecule has 1 unspecified atom stereocenters. The lowest BCUT2D eigenvalue weighted by Gasteiger charge is -2.24. The lowest BCUT2D eigenvalue weighted by atomic mass is 10.1. The summed E-state index contributed by atoms with van der Waals surface area (Å²) in [5, 5.41) is 0. The summed E-state index contributed by atoms with van der Waals surface area (Å²) in [4.78, 5) is 35.4. The molecule has 0 amide bonds. The number of ether oxygens (including phenoxy) is 2. The van der Waals surface area contributed by atoms with E-state index in [1.54, 1.807) is 0 Å². The van der Waals surface area contributed by atoms with Gasteiger partial charge in [0.1, 0.15) is 19.8 Å². The van der Waals surface area contributed by atoms with Crippen LogP contribution in [0.3, 0.4) is 0 Å². The molecule has 0 aromatic heterocycles. The standard InChI is InChI=1S/C48H90NO8P/c1-6-8-10-12-14-16-18-20-22-23-24-25-27-29-31-33-35-37-39-41-48(51)57-46(45-56-58(52,53)55-43-42-49(3,4)5)44-54-47(50)40-38-36-34-32-30-28-26-21-19-17-15-13-11-9-7-2/h14,16-17,19-20,22,46H,6-13,15,18,21,23-45H2,1-5H3/p+1/b16-14-,19-17-,22-20-/t46-/m1/s1. The molecule has 0 fully saturated rings. The molecule has 0 saturated heterocycles. The summed E-state index contributed by atoms with van der Waals surface area (Å²) in [5.74, 6) is -0.805. The first-order valence-electron chi connectivity index (χ1n) is 23.7. The predicted octanol–water partition coefficient (Wildman–Crippen LogP) is 13.7. The van der Waals surface area contributed by atoms with Gasteiger partial charge in [0.05, 0.1) is 27.7 Å². The second kappa shape index (κ2) is 40.6. The third-order valence-electron chi connectivity index (χ3n) is 10.1. The van der Waals surface area contributed by atoms with E-state index in [1.807, 2.05) is 21.1 Å². The number of carbonyl (C=O) groups is 2. The van der Waals surface area contributed by atoms with Crippen LogP contribution in [0.4, 0.5) is 0 Å². The van der Waals surface area contributed by atoms with Crippen molar-refractivity contribution in [2.24, 2.45) is 0 Å². The summed E-state index contributed by atoms with van der Waals surface area (Å²) in [5.41, 5.74) is 0. The van der Waals surface area contributed by atoms with Crippen molar-refractivity contribution in [3.05, 3.63) is 36.5 Å². The van der Waals surface area contributed by atoms with Crippen LogP contribution >= 0.6 is 7.82 Å². The van der Waals surface area contributed by atoms with Crippen LogP contribution in [0.25, 0.3) is 0 Å². The zero-order valence-corrected chi connectivity index (χ0v) is 39.2. The maximum atomic E-state index is 12.7. The van der Waals surface area contributed by atoms with Crippen molar-refractivity contribution < 1.29 is 42.1 Å². The molecule has 0 aromatic carbocycles. The molecule has 0 aliphatic heterocycles. The Morgan fingerprint density at radius 2 is 0.931 bits per heavy atom. The van der Waals surface area contributed by atoms with E-state index in [9.17, 15) is 19.0 Å². The number of phosphoric acid groups is 1. The van der Waals surface area contributed by atoms with Crippen molar-refractivity contribution in [3.63, 3.8) is 0 Å². The molecule has 10 heteroatoms. The van der Waals surface area contributed by atoms with Gasteiger partial charge in [0.25, 0.3) is 0 Å². The minimum atomic E-state index is -4.38. The molecule has 0 saturated carbocycles. The minimum absolute atomic E-state index is 0.0302. The molecule has 1 N–H and O–H groups in total. The lowest BCUT2D eigenvalue weighted by Crippen LogP contribution is -2.37. The van der Waals surface area contributed by atoms with Crippen LogP contribution < -0.4 is 0 Å². The van der Waals surface area contributed by atoms with E-state index in [-0.39, 0.29) is 32.0 Å². The van der Waals surface area contributed by atoms with E-state index in [4.69, 9.17) is 18.5 Å². The molecule has 9 nitrogen and oxygen atoms in total.